The van der Waals surface area contributed by atoms with Crippen LogP contribution < -0.4 is 42.6 Å². The molecule has 25 nitrogen and oxygen atoms in total. The number of aromatic amines is 3. The van der Waals surface area contributed by atoms with Gasteiger partial charge in [-0.05, 0) is 113 Å². The summed E-state index contributed by atoms with van der Waals surface area (Å²) in [5.41, 5.74) is 7.12. The number of hydrogen-bond donors (Lipinski definition) is 5. The normalized spacial score (nSPS) is 20.8. The Morgan fingerprint density at radius 2 is 0.674 bits per heavy atom. The zero-order valence-electron chi connectivity index (χ0n) is 55.5. The monoisotopic (exact) mass is 1300 g/mol. The van der Waals surface area contributed by atoms with Gasteiger partial charge in [0.05, 0.1) is 129 Å². The highest BCUT2D eigenvalue weighted by Crippen LogP contribution is 2.47. The number of aromatic nitrogens is 9. The number of methoxy groups -OCH3 is 9. The second kappa shape index (κ2) is 28.8. The van der Waals surface area contributed by atoms with Crippen molar-refractivity contribution in [3.05, 3.63) is 90.3 Å². The molecule has 3 aliphatic rings. The van der Waals surface area contributed by atoms with Crippen molar-refractivity contribution < 1.29 is 76.8 Å². The highest BCUT2D eigenvalue weighted by molar-refractivity contribution is 6.10. The SMILES string of the molecule is COc1cc(-c2cnc3[nH]cc(C(=O)C4(C)CCC(O)CC4)c3n2)cc(OC)c1OC.COc1cc(-c2cnc3[nH]cc(C(=O)C4(C)CCC(O)CC4)c3n2)cc(OC)c1OC.COc1cc(-c2cnc3[nH]cc(C(=O)C4(C)CCC(OC=O)CC4)c3n2)cc(OC)c1OC. The van der Waals surface area contributed by atoms with Gasteiger partial charge in [0.1, 0.15) is 22.7 Å². The number of ketones is 3. The first-order valence-corrected chi connectivity index (χ1v) is 31.3. The van der Waals surface area contributed by atoms with E-state index in [1.165, 1.54) is 0 Å². The van der Waals surface area contributed by atoms with Crippen molar-refractivity contribution in [2.45, 2.75) is 116 Å². The number of H-pyrrole nitrogens is 3. The molecule has 502 valence electrons. The van der Waals surface area contributed by atoms with Gasteiger partial charge in [0.25, 0.3) is 6.47 Å². The molecular weight excluding hydrogens is 1220 g/mol. The third-order valence-corrected chi connectivity index (χ3v) is 18.8. The molecule has 0 saturated heterocycles. The summed E-state index contributed by atoms with van der Waals surface area (Å²) >= 11 is 0. The summed E-state index contributed by atoms with van der Waals surface area (Å²) in [6.45, 7) is 6.38. The van der Waals surface area contributed by atoms with Crippen molar-refractivity contribution in [3.8, 4) is 85.5 Å². The minimum absolute atomic E-state index is 0.00893. The van der Waals surface area contributed by atoms with Crippen LogP contribution in [-0.4, -0.2) is 161 Å². The van der Waals surface area contributed by atoms with Crippen LogP contribution in [0.3, 0.4) is 0 Å². The Labute approximate surface area is 548 Å². The fourth-order valence-electron chi connectivity index (χ4n) is 12.9. The van der Waals surface area contributed by atoms with Gasteiger partial charge in [0.15, 0.2) is 68.8 Å². The van der Waals surface area contributed by atoms with E-state index in [2.05, 4.69) is 29.9 Å². The van der Waals surface area contributed by atoms with Crippen molar-refractivity contribution in [1.29, 1.82) is 0 Å². The number of fused-ring (bicyclic) bond motifs is 3. The van der Waals surface area contributed by atoms with E-state index in [4.69, 9.17) is 62.3 Å². The number of carbonyl (C=O) groups excluding carboxylic acids is 4. The molecule has 0 bridgehead atoms. The molecule has 3 aliphatic carbocycles. The average molecular weight is 1300 g/mol. The number of Topliss-reactive ketones (excluding diaryl/α,β-unsaturated/α-hetero) is 3. The van der Waals surface area contributed by atoms with E-state index in [9.17, 15) is 29.4 Å². The number of nitrogens with one attached hydrogen (secondary N) is 3. The van der Waals surface area contributed by atoms with Crippen LogP contribution in [0.1, 0.15) is 129 Å². The van der Waals surface area contributed by atoms with Gasteiger partial charge in [0.2, 0.25) is 17.2 Å². The molecule has 3 fully saturated rings. The molecule has 25 heteroatoms. The number of carbonyl (C=O) groups is 4. The number of benzene rings is 3. The van der Waals surface area contributed by atoms with Crippen LogP contribution in [0, 0.1) is 16.2 Å². The average Bonchev–Trinajstić information content (AvgIpc) is 1.73. The van der Waals surface area contributed by atoms with E-state index in [0.717, 1.165) is 16.7 Å². The number of aliphatic hydroxyl groups excluding tert-OH is 2. The quantitative estimate of drug-likeness (QED) is 0.0350. The van der Waals surface area contributed by atoms with Gasteiger partial charge in [-0.15, -0.1) is 0 Å². The van der Waals surface area contributed by atoms with Crippen molar-refractivity contribution >= 4 is 57.3 Å². The van der Waals surface area contributed by atoms with E-state index in [0.29, 0.717) is 203 Å². The third-order valence-electron chi connectivity index (χ3n) is 18.8. The van der Waals surface area contributed by atoms with Crippen molar-refractivity contribution in [1.82, 2.24) is 44.9 Å². The van der Waals surface area contributed by atoms with Gasteiger partial charge in [-0.25, -0.2) is 29.9 Å². The molecule has 0 unspecified atom stereocenters. The number of aliphatic hydroxyl groups is 2. The van der Waals surface area contributed by atoms with Gasteiger partial charge < -0.3 is 72.5 Å². The molecule has 6 heterocycles. The lowest BCUT2D eigenvalue weighted by Gasteiger charge is -2.35. The van der Waals surface area contributed by atoms with E-state index in [1.807, 2.05) is 20.8 Å². The zero-order chi connectivity index (χ0) is 67.9. The topological polar surface area (TPSA) is 326 Å². The van der Waals surface area contributed by atoms with Gasteiger partial charge in [0, 0.05) is 51.5 Å². The van der Waals surface area contributed by atoms with Crippen molar-refractivity contribution in [2.24, 2.45) is 16.2 Å². The first kappa shape index (κ1) is 68.0. The van der Waals surface area contributed by atoms with Gasteiger partial charge in [-0.3, -0.25) is 19.2 Å². The smallest absolute Gasteiger partial charge is 0.293 e. The molecule has 0 atom stereocenters. The predicted molar refractivity (Wildman–Crippen MR) is 353 cm³/mol. The Morgan fingerprint density at radius 3 is 0.905 bits per heavy atom. The minimum Gasteiger partial charge on any atom is -0.493 e. The van der Waals surface area contributed by atoms with E-state index >= 15 is 0 Å². The first-order valence-electron chi connectivity index (χ1n) is 31.3. The molecule has 95 heavy (non-hydrogen) atoms. The maximum absolute atomic E-state index is 13.5. The van der Waals surface area contributed by atoms with Crippen molar-refractivity contribution in [3.63, 3.8) is 0 Å². The summed E-state index contributed by atoms with van der Waals surface area (Å²) in [5, 5.41) is 19.7. The van der Waals surface area contributed by atoms with Crippen LogP contribution >= 0.6 is 0 Å². The van der Waals surface area contributed by atoms with Crippen molar-refractivity contribution in [2.75, 3.05) is 64.0 Å². The largest absolute Gasteiger partial charge is 0.493 e. The summed E-state index contributed by atoms with van der Waals surface area (Å²) in [6.07, 6.45) is 16.9. The van der Waals surface area contributed by atoms with Gasteiger partial charge in [-0.1, -0.05) is 20.8 Å². The number of nitrogens with zero attached hydrogens (tertiary/aromatic N) is 6. The molecule has 0 spiro atoms. The highest BCUT2D eigenvalue weighted by Gasteiger charge is 2.42. The van der Waals surface area contributed by atoms with E-state index in [-0.39, 0.29) is 35.7 Å². The Bertz CT molecular complexity index is 4020. The molecule has 6 aromatic heterocycles. The first-order chi connectivity index (χ1) is 45.7. The zero-order valence-corrected chi connectivity index (χ0v) is 55.5. The summed E-state index contributed by atoms with van der Waals surface area (Å²) in [4.78, 5) is 87.9. The number of ether oxygens (including phenoxy) is 10. The lowest BCUT2D eigenvalue weighted by Crippen LogP contribution is -2.35. The summed E-state index contributed by atoms with van der Waals surface area (Å²) < 4.78 is 53.9. The number of hydrogen-bond acceptors (Lipinski definition) is 22. The van der Waals surface area contributed by atoms with E-state index < -0.39 is 16.2 Å². The Kier molecular flexibility index (Phi) is 20.6. The third kappa shape index (κ3) is 13.7. The summed E-state index contributed by atoms with van der Waals surface area (Å²) in [7, 11) is 14.0. The standard InChI is InChI=1S/C24H27N3O6.2C23H27N3O5/c1-24(7-5-15(6-8-24)33-13-28)22(29)16-11-25-23-20(16)27-17(12-26-23)14-9-18(30-2)21(32-4)19(10-14)31-3;2*1-23(7-5-14(27)6-8-23)21(28)15-11-24-22-19(15)26-16(12-25-22)13-9-17(29-2)20(31-4)18(10-13)30-3/h9-13,15H,5-8H2,1-4H3,(H,25,26);2*9-12,14,27H,5-8H2,1-4H3,(H,24,25). The highest BCUT2D eigenvalue weighted by atomic mass is 16.5. The molecule has 0 amide bonds. The maximum atomic E-state index is 13.5. The number of rotatable bonds is 20. The second-order valence-corrected chi connectivity index (χ2v) is 24.8. The Morgan fingerprint density at radius 1 is 0.421 bits per heavy atom. The van der Waals surface area contributed by atoms with Crippen LogP contribution in [0.5, 0.6) is 51.7 Å². The lowest BCUT2D eigenvalue weighted by molar-refractivity contribution is -0.135. The molecule has 0 aliphatic heterocycles. The molecular formula is C70H81N9O16. The van der Waals surface area contributed by atoms with Crippen LogP contribution in [0.25, 0.3) is 67.3 Å². The minimum atomic E-state index is -0.553. The van der Waals surface area contributed by atoms with E-state index in [1.54, 1.807) is 138 Å². The molecule has 0 radical (unpaired) electrons. The Balaban J connectivity index is 0.000000155. The fourth-order valence-corrected chi connectivity index (χ4v) is 12.9. The van der Waals surface area contributed by atoms with Crippen LogP contribution in [0.2, 0.25) is 0 Å². The fraction of sp³-hybridized carbons (Fsp3) is 0.429. The maximum Gasteiger partial charge on any atom is 0.293 e. The van der Waals surface area contributed by atoms with Gasteiger partial charge in [-0.2, -0.15) is 0 Å². The van der Waals surface area contributed by atoms with Crippen LogP contribution in [0.4, 0.5) is 0 Å². The van der Waals surface area contributed by atoms with Crippen LogP contribution in [-0.2, 0) is 9.53 Å². The van der Waals surface area contributed by atoms with Gasteiger partial charge >= 0.3 is 0 Å². The molecule has 5 N–H and O–H groups in total. The van der Waals surface area contributed by atoms with Crippen LogP contribution in [0.15, 0.2) is 73.6 Å². The molecule has 3 saturated carbocycles. The predicted octanol–water partition coefficient (Wildman–Crippen LogP) is 11.5. The second-order valence-electron chi connectivity index (χ2n) is 24.8. The molecule has 12 rings (SSSR count). The molecule has 9 aromatic rings. The summed E-state index contributed by atoms with van der Waals surface area (Å²) in [5.74, 6) is 4.59. The molecule has 3 aromatic carbocycles. The summed E-state index contributed by atoms with van der Waals surface area (Å²) in [6, 6.07) is 10.8. The Hall–Kier alpha value is -9.88. The lowest BCUT2D eigenvalue weighted by atomic mass is 9.70.